The van der Waals surface area contributed by atoms with E-state index in [9.17, 15) is 0 Å². The molecule has 0 saturated heterocycles. The molecule has 6 nitrogen and oxygen atoms in total. The first-order valence-electron chi connectivity index (χ1n) is 16.5. The molecule has 1 aliphatic carbocycles. The number of aromatic nitrogens is 2. The molecule has 2 aliphatic rings. The Morgan fingerprint density at radius 2 is 1.52 bits per heavy atom. The van der Waals surface area contributed by atoms with Gasteiger partial charge in [-0.15, -0.1) is 0 Å². The first-order chi connectivity index (χ1) is 23.3. The lowest BCUT2D eigenvalue weighted by Gasteiger charge is -2.23. The maximum atomic E-state index is 6.79. The Morgan fingerprint density at radius 1 is 0.750 bits per heavy atom. The van der Waals surface area contributed by atoms with Crippen LogP contribution in [0.5, 0.6) is 11.5 Å². The highest BCUT2D eigenvalue weighted by Crippen LogP contribution is 2.46. The van der Waals surface area contributed by atoms with Gasteiger partial charge in [-0.2, -0.15) is 0 Å². The molecule has 0 bridgehead atoms. The van der Waals surface area contributed by atoms with E-state index >= 15 is 0 Å². The summed E-state index contributed by atoms with van der Waals surface area (Å²) in [5.74, 6) is 2.40. The summed E-state index contributed by atoms with van der Waals surface area (Å²) >= 11 is 0. The molecular weight excluding hydrogens is 592 g/mol. The van der Waals surface area contributed by atoms with E-state index in [1.807, 2.05) is 6.20 Å². The number of rotatable bonds is 5. The van der Waals surface area contributed by atoms with Crippen LogP contribution in [0.15, 0.2) is 126 Å². The molecule has 0 N–H and O–H groups in total. The molecule has 48 heavy (non-hydrogen) atoms. The number of fused-ring (bicyclic) bond motifs is 6. The quantitative estimate of drug-likeness (QED) is 0.190. The second kappa shape index (κ2) is 10.6. The van der Waals surface area contributed by atoms with Crippen LogP contribution in [0.2, 0.25) is 0 Å². The van der Waals surface area contributed by atoms with Crippen LogP contribution in [0.1, 0.15) is 43.2 Å². The second-order valence-corrected chi connectivity index (χ2v) is 13.9. The standard InChI is InChI=1S/C42H36N4O2/c1-42(2,3)40-24-43-41(48-40)46-36-17-11-10-16-32(36)33-19-18-29(22-38(33)46)47-30-21-34-31-15-9-8-14-28(31)20-35(34)37(23-30)45-25-39(44(4)26-45)27-12-6-5-7-13-27/h5-19,21-25H,20,26H2,1-4H3. The molecule has 2 aromatic heterocycles. The molecule has 0 radical (unpaired) electrons. The van der Waals surface area contributed by atoms with E-state index in [1.165, 1.54) is 39.2 Å². The van der Waals surface area contributed by atoms with Crippen molar-refractivity contribution in [2.75, 3.05) is 18.6 Å². The van der Waals surface area contributed by atoms with E-state index in [4.69, 9.17) is 14.1 Å². The molecule has 9 rings (SSSR count). The zero-order valence-electron chi connectivity index (χ0n) is 27.6. The van der Waals surface area contributed by atoms with Crippen molar-refractivity contribution in [1.82, 2.24) is 14.5 Å². The Kier molecular flexibility index (Phi) is 6.31. The van der Waals surface area contributed by atoms with E-state index in [2.05, 4.69) is 158 Å². The van der Waals surface area contributed by atoms with Crippen LogP contribution in [0.25, 0.3) is 44.6 Å². The van der Waals surface area contributed by atoms with Crippen molar-refractivity contribution in [2.24, 2.45) is 0 Å². The van der Waals surface area contributed by atoms with Gasteiger partial charge in [0.2, 0.25) is 0 Å². The average Bonchev–Trinajstić information content (AvgIpc) is 3.88. The van der Waals surface area contributed by atoms with Crippen LogP contribution in [-0.4, -0.2) is 28.2 Å². The number of hydrogen-bond donors (Lipinski definition) is 0. The summed E-state index contributed by atoms with van der Waals surface area (Å²) in [6.07, 6.45) is 5.01. The molecule has 236 valence electrons. The van der Waals surface area contributed by atoms with Crippen molar-refractivity contribution in [3.8, 4) is 28.6 Å². The summed E-state index contributed by atoms with van der Waals surface area (Å²) in [6.45, 7) is 7.17. The number of oxazole rings is 1. The van der Waals surface area contributed by atoms with Gasteiger partial charge in [0.15, 0.2) is 0 Å². The maximum absolute atomic E-state index is 6.79. The fourth-order valence-corrected chi connectivity index (χ4v) is 7.21. The molecule has 0 atom stereocenters. The Hall–Kier alpha value is -5.75. The molecule has 6 heteroatoms. The van der Waals surface area contributed by atoms with E-state index in [-0.39, 0.29) is 5.41 Å². The summed E-state index contributed by atoms with van der Waals surface area (Å²) in [4.78, 5) is 9.39. The smallest absolute Gasteiger partial charge is 0.306 e. The van der Waals surface area contributed by atoms with Crippen LogP contribution in [-0.2, 0) is 11.8 Å². The molecule has 0 unspecified atom stereocenters. The lowest BCUT2D eigenvalue weighted by Crippen LogP contribution is -2.23. The van der Waals surface area contributed by atoms with Gasteiger partial charge in [-0.1, -0.05) is 93.6 Å². The number of benzene rings is 5. The lowest BCUT2D eigenvalue weighted by atomic mass is 9.94. The van der Waals surface area contributed by atoms with Gasteiger partial charge in [0.1, 0.15) is 17.3 Å². The van der Waals surface area contributed by atoms with Crippen LogP contribution in [0.3, 0.4) is 0 Å². The minimum Gasteiger partial charge on any atom is -0.457 e. The largest absolute Gasteiger partial charge is 0.457 e. The zero-order valence-corrected chi connectivity index (χ0v) is 27.6. The molecule has 7 aromatic rings. The van der Waals surface area contributed by atoms with Gasteiger partial charge >= 0.3 is 6.01 Å². The van der Waals surface area contributed by atoms with Gasteiger partial charge < -0.3 is 19.0 Å². The molecule has 1 aliphatic heterocycles. The Bertz CT molecular complexity index is 2390. The Morgan fingerprint density at radius 3 is 2.35 bits per heavy atom. The molecule has 5 aromatic carbocycles. The summed E-state index contributed by atoms with van der Waals surface area (Å²) in [5, 5.41) is 2.26. The minimum absolute atomic E-state index is 0.149. The molecular formula is C42H36N4O2. The van der Waals surface area contributed by atoms with Crippen molar-refractivity contribution in [1.29, 1.82) is 0 Å². The number of anilines is 1. The maximum Gasteiger partial charge on any atom is 0.306 e. The number of ether oxygens (including phenoxy) is 1. The molecule has 0 saturated carbocycles. The third-order valence-electron chi connectivity index (χ3n) is 9.61. The Balaban J connectivity index is 1.16. The van der Waals surface area contributed by atoms with Crippen LogP contribution < -0.4 is 9.64 Å². The third-order valence-corrected chi connectivity index (χ3v) is 9.61. The summed E-state index contributed by atoms with van der Waals surface area (Å²) in [6, 6.07) is 39.0. The highest BCUT2D eigenvalue weighted by atomic mass is 16.5. The van der Waals surface area contributed by atoms with Gasteiger partial charge in [0.25, 0.3) is 0 Å². The molecule has 3 heterocycles. The van der Waals surface area contributed by atoms with Crippen molar-refractivity contribution in [3.63, 3.8) is 0 Å². The summed E-state index contributed by atoms with van der Waals surface area (Å²) in [7, 11) is 2.15. The molecule has 0 fully saturated rings. The first-order valence-corrected chi connectivity index (χ1v) is 16.5. The highest BCUT2D eigenvalue weighted by Gasteiger charge is 2.28. The van der Waals surface area contributed by atoms with Crippen molar-refractivity contribution >= 4 is 33.2 Å². The van der Waals surface area contributed by atoms with Gasteiger partial charge in [-0.25, -0.2) is 4.98 Å². The predicted molar refractivity (Wildman–Crippen MR) is 194 cm³/mol. The van der Waals surface area contributed by atoms with Crippen LogP contribution in [0, 0.1) is 0 Å². The zero-order chi connectivity index (χ0) is 32.6. The van der Waals surface area contributed by atoms with E-state index in [1.54, 1.807) is 0 Å². The SMILES string of the molecule is CN1CN(c2cc(Oc3ccc4c5ccccc5n(-c5ncc(C(C)(C)C)o5)c4c3)cc3c2Cc2ccccc2-3)C=C1c1ccccc1. The lowest BCUT2D eigenvalue weighted by molar-refractivity contribution is 0.401. The van der Waals surface area contributed by atoms with Gasteiger partial charge in [0.05, 0.1) is 35.3 Å². The van der Waals surface area contributed by atoms with Crippen molar-refractivity contribution < 1.29 is 9.15 Å². The average molecular weight is 629 g/mol. The number of nitrogens with zero attached hydrogens (tertiary/aromatic N) is 4. The van der Waals surface area contributed by atoms with Crippen LogP contribution >= 0.6 is 0 Å². The van der Waals surface area contributed by atoms with Crippen LogP contribution in [0.4, 0.5) is 5.69 Å². The Labute approximate surface area is 280 Å². The normalized spacial score (nSPS) is 14.1. The van der Waals surface area contributed by atoms with Gasteiger partial charge in [0, 0.05) is 48.0 Å². The van der Waals surface area contributed by atoms with E-state index in [0.717, 1.165) is 52.2 Å². The minimum atomic E-state index is -0.149. The summed E-state index contributed by atoms with van der Waals surface area (Å²) < 4.78 is 15.3. The first kappa shape index (κ1) is 28.5. The summed E-state index contributed by atoms with van der Waals surface area (Å²) in [5.41, 5.74) is 10.6. The van der Waals surface area contributed by atoms with Gasteiger partial charge in [-0.05, 0) is 52.1 Å². The second-order valence-electron chi connectivity index (χ2n) is 13.9. The monoisotopic (exact) mass is 628 g/mol. The fourth-order valence-electron chi connectivity index (χ4n) is 7.21. The molecule has 0 amide bonds. The van der Waals surface area contributed by atoms with E-state index < -0.39 is 0 Å². The predicted octanol–water partition coefficient (Wildman–Crippen LogP) is 10.1. The number of hydrogen-bond acceptors (Lipinski definition) is 5. The molecule has 0 spiro atoms. The van der Waals surface area contributed by atoms with Crippen molar-refractivity contribution in [2.45, 2.75) is 32.6 Å². The van der Waals surface area contributed by atoms with Crippen molar-refractivity contribution in [3.05, 3.63) is 144 Å². The topological polar surface area (TPSA) is 46.7 Å². The third kappa shape index (κ3) is 4.59. The number of para-hydroxylation sites is 1. The fraction of sp³-hybridized carbons (Fsp3) is 0.167. The van der Waals surface area contributed by atoms with Gasteiger partial charge in [-0.3, -0.25) is 4.57 Å². The van der Waals surface area contributed by atoms with E-state index in [0.29, 0.717) is 6.01 Å². The highest BCUT2D eigenvalue weighted by molar-refractivity contribution is 6.09.